The van der Waals surface area contributed by atoms with E-state index in [4.69, 9.17) is 0 Å². The van der Waals surface area contributed by atoms with Crippen molar-refractivity contribution in [1.29, 1.82) is 0 Å². The zero-order chi connectivity index (χ0) is 16.8. The van der Waals surface area contributed by atoms with Gasteiger partial charge < -0.3 is 9.88 Å². The van der Waals surface area contributed by atoms with Gasteiger partial charge in [0, 0.05) is 36.2 Å². The van der Waals surface area contributed by atoms with Gasteiger partial charge >= 0.3 is 0 Å². The van der Waals surface area contributed by atoms with Gasteiger partial charge in [-0.05, 0) is 53.0 Å². The summed E-state index contributed by atoms with van der Waals surface area (Å²) in [6.07, 6.45) is 7.00. The van der Waals surface area contributed by atoms with E-state index in [0.29, 0.717) is 5.56 Å². The minimum absolute atomic E-state index is 0.00546. The standard InChI is InChI=1S/C18H26N4O/c1-12-16-14(7-6-8-15(16)21(5)20-12)19-17(23)13-9-10-22(11-13)18(2,3)4/h9-11,14H,6-8H2,1-5H3,(H,19,23). The summed E-state index contributed by atoms with van der Waals surface area (Å²) in [6.45, 7) is 8.41. The zero-order valence-electron chi connectivity index (χ0n) is 14.7. The van der Waals surface area contributed by atoms with Crippen molar-refractivity contribution in [2.24, 2.45) is 7.05 Å². The molecule has 0 aliphatic heterocycles. The molecule has 23 heavy (non-hydrogen) atoms. The van der Waals surface area contributed by atoms with E-state index < -0.39 is 0 Å². The van der Waals surface area contributed by atoms with E-state index in [1.165, 1.54) is 11.3 Å². The van der Waals surface area contributed by atoms with Crippen LogP contribution in [0.5, 0.6) is 0 Å². The molecule has 0 bridgehead atoms. The highest BCUT2D eigenvalue weighted by molar-refractivity contribution is 5.94. The van der Waals surface area contributed by atoms with Gasteiger partial charge in [-0.15, -0.1) is 0 Å². The number of rotatable bonds is 2. The normalized spacial score (nSPS) is 17.9. The highest BCUT2D eigenvalue weighted by Gasteiger charge is 2.28. The molecular weight excluding hydrogens is 288 g/mol. The van der Waals surface area contributed by atoms with Crippen LogP contribution in [0, 0.1) is 6.92 Å². The van der Waals surface area contributed by atoms with Crippen molar-refractivity contribution in [3.8, 4) is 0 Å². The predicted molar refractivity (Wildman–Crippen MR) is 90.5 cm³/mol. The molecule has 3 rings (SSSR count). The third-order valence-electron chi connectivity index (χ3n) is 4.68. The third-order valence-corrected chi connectivity index (χ3v) is 4.68. The molecule has 2 aromatic rings. The predicted octanol–water partition coefficient (Wildman–Crippen LogP) is 3.09. The maximum absolute atomic E-state index is 12.6. The van der Waals surface area contributed by atoms with Gasteiger partial charge in [0.25, 0.3) is 5.91 Å². The summed E-state index contributed by atoms with van der Waals surface area (Å²) in [5.41, 5.74) is 4.19. The summed E-state index contributed by atoms with van der Waals surface area (Å²) >= 11 is 0. The molecule has 0 radical (unpaired) electrons. The number of hydrogen-bond donors (Lipinski definition) is 1. The molecule has 5 nitrogen and oxygen atoms in total. The summed E-state index contributed by atoms with van der Waals surface area (Å²) in [7, 11) is 1.99. The number of nitrogens with one attached hydrogen (secondary N) is 1. The molecule has 0 fully saturated rings. The molecule has 124 valence electrons. The number of carbonyl (C=O) groups is 1. The summed E-state index contributed by atoms with van der Waals surface area (Å²) in [6, 6.07) is 1.96. The van der Waals surface area contributed by atoms with Crippen LogP contribution in [-0.2, 0) is 19.0 Å². The molecule has 1 unspecified atom stereocenters. The molecule has 0 saturated carbocycles. The van der Waals surface area contributed by atoms with Gasteiger partial charge in [0.05, 0.1) is 17.3 Å². The molecule has 1 amide bonds. The highest BCUT2D eigenvalue weighted by atomic mass is 16.1. The third kappa shape index (κ3) is 2.92. The van der Waals surface area contributed by atoms with Gasteiger partial charge in [-0.25, -0.2) is 0 Å². The van der Waals surface area contributed by atoms with Crippen LogP contribution in [0.3, 0.4) is 0 Å². The van der Waals surface area contributed by atoms with E-state index in [2.05, 4.69) is 35.8 Å². The minimum atomic E-state index is -0.0174. The Morgan fingerprint density at radius 3 is 2.78 bits per heavy atom. The topological polar surface area (TPSA) is 51.9 Å². The molecule has 1 aliphatic rings. The van der Waals surface area contributed by atoms with Gasteiger partial charge in [-0.1, -0.05) is 0 Å². The Morgan fingerprint density at radius 1 is 1.39 bits per heavy atom. The molecule has 1 N–H and O–H groups in total. The van der Waals surface area contributed by atoms with Gasteiger partial charge in [-0.3, -0.25) is 9.48 Å². The Bertz CT molecular complexity index is 733. The fraction of sp³-hybridized carbons (Fsp3) is 0.556. The Morgan fingerprint density at radius 2 is 2.13 bits per heavy atom. The average Bonchev–Trinajstić information content (AvgIpc) is 3.05. The second kappa shape index (κ2) is 5.55. The molecule has 1 atom stereocenters. The van der Waals surface area contributed by atoms with Gasteiger partial charge in [0.15, 0.2) is 0 Å². The first-order chi connectivity index (χ1) is 10.8. The quantitative estimate of drug-likeness (QED) is 0.926. The number of hydrogen-bond acceptors (Lipinski definition) is 2. The van der Waals surface area contributed by atoms with Crippen LogP contribution in [-0.4, -0.2) is 20.3 Å². The molecule has 0 saturated heterocycles. The smallest absolute Gasteiger partial charge is 0.253 e. The first kappa shape index (κ1) is 15.8. The van der Waals surface area contributed by atoms with Crippen LogP contribution in [0.25, 0.3) is 0 Å². The Labute approximate surface area is 137 Å². The maximum Gasteiger partial charge on any atom is 0.253 e. The Balaban J connectivity index is 1.81. The van der Waals surface area contributed by atoms with E-state index in [0.717, 1.165) is 25.0 Å². The van der Waals surface area contributed by atoms with Gasteiger partial charge in [0.1, 0.15) is 0 Å². The lowest BCUT2D eigenvalue weighted by molar-refractivity contribution is 0.0932. The van der Waals surface area contributed by atoms with E-state index in [9.17, 15) is 4.79 Å². The van der Waals surface area contributed by atoms with Crippen molar-refractivity contribution < 1.29 is 4.79 Å². The summed E-state index contributed by atoms with van der Waals surface area (Å²) in [5.74, 6) is -0.00546. The monoisotopic (exact) mass is 314 g/mol. The number of nitrogens with zero attached hydrogens (tertiary/aromatic N) is 3. The lowest BCUT2D eigenvalue weighted by Crippen LogP contribution is -2.31. The summed E-state index contributed by atoms with van der Waals surface area (Å²) < 4.78 is 4.03. The Kier molecular flexibility index (Phi) is 3.82. The molecule has 2 aromatic heterocycles. The molecular formula is C18H26N4O. The number of fused-ring (bicyclic) bond motifs is 1. The largest absolute Gasteiger partial charge is 0.348 e. The lowest BCUT2D eigenvalue weighted by atomic mass is 9.91. The number of amides is 1. The molecule has 0 spiro atoms. The van der Waals surface area contributed by atoms with Crippen LogP contribution < -0.4 is 5.32 Å². The molecule has 1 aliphatic carbocycles. The van der Waals surface area contributed by atoms with Gasteiger partial charge in [0.2, 0.25) is 0 Å². The van der Waals surface area contributed by atoms with E-state index in [-0.39, 0.29) is 17.5 Å². The fourth-order valence-corrected chi connectivity index (χ4v) is 3.42. The van der Waals surface area contributed by atoms with Crippen molar-refractivity contribution >= 4 is 5.91 Å². The van der Waals surface area contributed by atoms with Gasteiger partial charge in [-0.2, -0.15) is 5.10 Å². The second-order valence-corrected chi connectivity index (χ2v) is 7.47. The maximum atomic E-state index is 12.6. The van der Waals surface area contributed by atoms with Crippen LogP contribution in [0.2, 0.25) is 0 Å². The van der Waals surface area contributed by atoms with E-state index in [1.54, 1.807) is 0 Å². The molecule has 2 heterocycles. The number of aromatic nitrogens is 3. The van der Waals surface area contributed by atoms with E-state index in [1.807, 2.05) is 37.1 Å². The van der Waals surface area contributed by atoms with Crippen LogP contribution in [0.15, 0.2) is 18.5 Å². The molecule has 5 heteroatoms. The number of carbonyl (C=O) groups excluding carboxylic acids is 1. The van der Waals surface area contributed by atoms with Crippen LogP contribution >= 0.6 is 0 Å². The average molecular weight is 314 g/mol. The van der Waals surface area contributed by atoms with Crippen molar-refractivity contribution in [2.75, 3.05) is 0 Å². The lowest BCUT2D eigenvalue weighted by Gasteiger charge is -2.24. The summed E-state index contributed by atoms with van der Waals surface area (Å²) in [5, 5.41) is 7.73. The van der Waals surface area contributed by atoms with Crippen LogP contribution in [0.1, 0.15) is 67.0 Å². The summed E-state index contributed by atoms with van der Waals surface area (Å²) in [4.78, 5) is 12.6. The van der Waals surface area contributed by atoms with Crippen molar-refractivity contribution in [3.63, 3.8) is 0 Å². The number of aryl methyl sites for hydroxylation is 2. The van der Waals surface area contributed by atoms with Crippen molar-refractivity contribution in [1.82, 2.24) is 19.7 Å². The van der Waals surface area contributed by atoms with E-state index >= 15 is 0 Å². The first-order valence-electron chi connectivity index (χ1n) is 8.29. The first-order valence-corrected chi connectivity index (χ1v) is 8.29. The zero-order valence-corrected chi connectivity index (χ0v) is 14.7. The van der Waals surface area contributed by atoms with Crippen LogP contribution in [0.4, 0.5) is 0 Å². The fourth-order valence-electron chi connectivity index (χ4n) is 3.42. The van der Waals surface area contributed by atoms with Crippen molar-refractivity contribution in [2.45, 2.75) is 58.5 Å². The highest BCUT2D eigenvalue weighted by Crippen LogP contribution is 2.32. The molecule has 0 aromatic carbocycles. The second-order valence-electron chi connectivity index (χ2n) is 7.47. The SMILES string of the molecule is Cc1nn(C)c2c1C(NC(=O)c1ccn(C(C)(C)C)c1)CCC2. The minimum Gasteiger partial charge on any atom is -0.348 e. The Hall–Kier alpha value is -2.04. The van der Waals surface area contributed by atoms with Crippen molar-refractivity contribution in [3.05, 3.63) is 41.0 Å².